The van der Waals surface area contributed by atoms with Crippen LogP contribution in [-0.2, 0) is 14.3 Å². The second kappa shape index (κ2) is 6.72. The van der Waals surface area contributed by atoms with Gasteiger partial charge in [0, 0.05) is 12.3 Å². The summed E-state index contributed by atoms with van der Waals surface area (Å²) < 4.78 is 5.52. The molecule has 3 atom stereocenters. The molecule has 0 saturated carbocycles. The first-order valence-electron chi connectivity index (χ1n) is 6.51. The Morgan fingerprint density at radius 1 is 1.28 bits per heavy atom. The highest BCUT2D eigenvalue weighted by Crippen LogP contribution is 2.24. The molecule has 0 rings (SSSR count). The molecule has 0 amide bonds. The van der Waals surface area contributed by atoms with Crippen LogP contribution < -0.4 is 0 Å². The van der Waals surface area contributed by atoms with Gasteiger partial charge in [0.05, 0.1) is 11.3 Å². The van der Waals surface area contributed by atoms with E-state index in [1.54, 1.807) is 26.8 Å². The maximum absolute atomic E-state index is 11.9. The van der Waals surface area contributed by atoms with Crippen LogP contribution in [0.25, 0.3) is 0 Å². The number of esters is 1. The zero-order chi connectivity index (χ0) is 14.5. The van der Waals surface area contributed by atoms with E-state index >= 15 is 0 Å². The van der Waals surface area contributed by atoms with E-state index in [-0.39, 0.29) is 23.6 Å². The SMILES string of the molecule is C=C[C@@H](C)[C@H](OC(=O)C(C)(C)C)[C@@H](C)C(=O)CC. The van der Waals surface area contributed by atoms with Crippen molar-refractivity contribution in [1.82, 2.24) is 0 Å². The van der Waals surface area contributed by atoms with Gasteiger partial charge in [0.2, 0.25) is 0 Å². The zero-order valence-corrected chi connectivity index (χ0v) is 12.4. The lowest BCUT2D eigenvalue weighted by Crippen LogP contribution is -2.38. The molecule has 0 aliphatic rings. The van der Waals surface area contributed by atoms with Crippen LogP contribution in [0, 0.1) is 17.3 Å². The van der Waals surface area contributed by atoms with Crippen molar-refractivity contribution in [2.75, 3.05) is 0 Å². The molecular weight excluding hydrogens is 228 g/mol. The van der Waals surface area contributed by atoms with Gasteiger partial charge in [-0.2, -0.15) is 0 Å². The Morgan fingerprint density at radius 3 is 2.11 bits per heavy atom. The first-order chi connectivity index (χ1) is 8.15. The number of carbonyl (C=O) groups excluding carboxylic acids is 2. The molecule has 0 saturated heterocycles. The maximum Gasteiger partial charge on any atom is 0.311 e. The third kappa shape index (κ3) is 4.63. The molecule has 3 heteroatoms. The van der Waals surface area contributed by atoms with Gasteiger partial charge in [-0.05, 0) is 20.8 Å². The number of carbonyl (C=O) groups is 2. The van der Waals surface area contributed by atoms with Crippen LogP contribution in [0.4, 0.5) is 0 Å². The average Bonchev–Trinajstić information content (AvgIpc) is 2.31. The molecule has 0 aromatic carbocycles. The van der Waals surface area contributed by atoms with Gasteiger partial charge < -0.3 is 4.74 Å². The summed E-state index contributed by atoms with van der Waals surface area (Å²) in [6.45, 7) is 14.7. The number of hydrogen-bond donors (Lipinski definition) is 0. The maximum atomic E-state index is 11.9. The molecule has 0 aliphatic carbocycles. The van der Waals surface area contributed by atoms with Crippen LogP contribution in [-0.4, -0.2) is 17.9 Å². The Bertz CT molecular complexity index is 312. The number of ether oxygens (including phenoxy) is 1. The smallest absolute Gasteiger partial charge is 0.311 e. The minimum Gasteiger partial charge on any atom is -0.461 e. The lowest BCUT2D eigenvalue weighted by molar-refractivity contribution is -0.164. The molecule has 0 aromatic rings. The first-order valence-corrected chi connectivity index (χ1v) is 6.51. The van der Waals surface area contributed by atoms with Crippen molar-refractivity contribution in [3.63, 3.8) is 0 Å². The number of hydrogen-bond acceptors (Lipinski definition) is 3. The highest BCUT2D eigenvalue weighted by Gasteiger charge is 2.33. The highest BCUT2D eigenvalue weighted by atomic mass is 16.5. The minimum atomic E-state index is -0.561. The van der Waals surface area contributed by atoms with Gasteiger partial charge in [0.25, 0.3) is 0 Å². The van der Waals surface area contributed by atoms with Crippen LogP contribution in [0.5, 0.6) is 0 Å². The lowest BCUT2D eigenvalue weighted by atomic mass is 9.88. The van der Waals surface area contributed by atoms with Gasteiger partial charge in [0.15, 0.2) is 0 Å². The fraction of sp³-hybridized carbons (Fsp3) is 0.733. The van der Waals surface area contributed by atoms with Crippen molar-refractivity contribution in [2.24, 2.45) is 17.3 Å². The molecule has 104 valence electrons. The molecule has 3 nitrogen and oxygen atoms in total. The van der Waals surface area contributed by atoms with Crippen LogP contribution in [0.3, 0.4) is 0 Å². The summed E-state index contributed by atoms with van der Waals surface area (Å²) in [5, 5.41) is 0. The predicted octanol–water partition coefficient (Wildman–Crippen LogP) is 3.38. The van der Waals surface area contributed by atoms with Crippen molar-refractivity contribution in [3.05, 3.63) is 12.7 Å². The average molecular weight is 254 g/mol. The van der Waals surface area contributed by atoms with Gasteiger partial charge in [-0.25, -0.2) is 0 Å². The van der Waals surface area contributed by atoms with E-state index in [4.69, 9.17) is 4.74 Å². The van der Waals surface area contributed by atoms with Crippen molar-refractivity contribution in [3.8, 4) is 0 Å². The van der Waals surface area contributed by atoms with E-state index in [1.165, 1.54) is 0 Å². The van der Waals surface area contributed by atoms with Gasteiger partial charge in [0.1, 0.15) is 11.9 Å². The largest absolute Gasteiger partial charge is 0.461 e. The summed E-state index contributed by atoms with van der Waals surface area (Å²) in [5.41, 5.74) is -0.561. The second-order valence-electron chi connectivity index (χ2n) is 5.82. The summed E-state index contributed by atoms with van der Waals surface area (Å²) in [6.07, 6.45) is 1.75. The molecule has 18 heavy (non-hydrogen) atoms. The number of rotatable bonds is 6. The first kappa shape index (κ1) is 16.9. The van der Waals surface area contributed by atoms with Crippen molar-refractivity contribution >= 4 is 11.8 Å². The predicted molar refractivity (Wildman–Crippen MR) is 73.2 cm³/mol. The Balaban J connectivity index is 4.97. The summed E-state index contributed by atoms with van der Waals surface area (Å²) in [6, 6.07) is 0. The van der Waals surface area contributed by atoms with Gasteiger partial charge >= 0.3 is 5.97 Å². The van der Waals surface area contributed by atoms with Crippen molar-refractivity contribution < 1.29 is 14.3 Å². The quantitative estimate of drug-likeness (QED) is 0.539. The lowest BCUT2D eigenvalue weighted by Gasteiger charge is -2.29. The molecular formula is C15H26O3. The number of Topliss-reactive ketones (excluding diaryl/α,β-unsaturated/α-hetero) is 1. The van der Waals surface area contributed by atoms with Crippen LogP contribution >= 0.6 is 0 Å². The molecule has 0 spiro atoms. The fourth-order valence-corrected chi connectivity index (χ4v) is 1.60. The van der Waals surface area contributed by atoms with Gasteiger partial charge in [-0.15, -0.1) is 6.58 Å². The van der Waals surface area contributed by atoms with Crippen LogP contribution in [0.2, 0.25) is 0 Å². The third-order valence-electron chi connectivity index (χ3n) is 3.09. The number of ketones is 1. The Kier molecular flexibility index (Phi) is 6.30. The normalized spacial score (nSPS) is 16.6. The fourth-order valence-electron chi connectivity index (χ4n) is 1.60. The van der Waals surface area contributed by atoms with Crippen molar-refractivity contribution in [1.29, 1.82) is 0 Å². The summed E-state index contributed by atoms with van der Waals surface area (Å²) in [4.78, 5) is 23.7. The van der Waals surface area contributed by atoms with Gasteiger partial charge in [-0.1, -0.05) is 26.8 Å². The summed E-state index contributed by atoms with van der Waals surface area (Å²) in [7, 11) is 0. The molecule has 0 heterocycles. The molecule has 0 fully saturated rings. The third-order valence-corrected chi connectivity index (χ3v) is 3.09. The molecule has 0 aliphatic heterocycles. The summed E-state index contributed by atoms with van der Waals surface area (Å²) >= 11 is 0. The molecule has 0 radical (unpaired) electrons. The van der Waals surface area contributed by atoms with Crippen molar-refractivity contribution in [2.45, 2.75) is 54.1 Å². The Morgan fingerprint density at radius 2 is 1.78 bits per heavy atom. The minimum absolute atomic E-state index is 0.0400. The topological polar surface area (TPSA) is 43.4 Å². The molecule has 0 bridgehead atoms. The zero-order valence-electron chi connectivity index (χ0n) is 12.4. The molecule has 0 N–H and O–H groups in total. The molecule has 0 aromatic heterocycles. The van der Waals surface area contributed by atoms with Crippen LogP contribution in [0.1, 0.15) is 48.0 Å². The highest BCUT2D eigenvalue weighted by molar-refractivity contribution is 5.82. The van der Waals surface area contributed by atoms with E-state index in [2.05, 4.69) is 6.58 Å². The Labute approximate surface area is 111 Å². The summed E-state index contributed by atoms with van der Waals surface area (Å²) in [5.74, 6) is -0.511. The second-order valence-corrected chi connectivity index (χ2v) is 5.82. The standard InChI is InChI=1S/C15H26O3/c1-8-10(3)13(11(4)12(16)9-2)18-14(17)15(5,6)7/h8,10-11,13H,1,9H2,2-7H3/t10-,11+,13+/m1/s1. The van der Waals surface area contributed by atoms with E-state index in [0.29, 0.717) is 6.42 Å². The van der Waals surface area contributed by atoms with E-state index in [9.17, 15) is 9.59 Å². The molecule has 0 unspecified atom stereocenters. The van der Waals surface area contributed by atoms with E-state index in [1.807, 2.05) is 20.8 Å². The van der Waals surface area contributed by atoms with Crippen LogP contribution in [0.15, 0.2) is 12.7 Å². The Hall–Kier alpha value is -1.12. The van der Waals surface area contributed by atoms with Gasteiger partial charge in [-0.3, -0.25) is 9.59 Å². The van der Waals surface area contributed by atoms with E-state index in [0.717, 1.165) is 0 Å². The monoisotopic (exact) mass is 254 g/mol. The van der Waals surface area contributed by atoms with E-state index < -0.39 is 11.5 Å².